The molecule has 1 heterocycles. The van der Waals surface area contributed by atoms with E-state index in [2.05, 4.69) is 5.32 Å². The molecule has 1 aliphatic rings. The largest absolute Gasteiger partial charge is 0.369 e. The van der Waals surface area contributed by atoms with Gasteiger partial charge in [0.25, 0.3) is 5.91 Å². The normalized spacial score (nSPS) is 21.8. The molecule has 1 aromatic carbocycles. The van der Waals surface area contributed by atoms with Crippen molar-refractivity contribution in [2.24, 2.45) is 11.7 Å². The first-order valence-corrected chi connectivity index (χ1v) is 7.45. The summed E-state index contributed by atoms with van der Waals surface area (Å²) in [6.45, 7) is 5.98. The van der Waals surface area contributed by atoms with Crippen LogP contribution in [0, 0.1) is 19.8 Å². The van der Waals surface area contributed by atoms with Gasteiger partial charge in [0.05, 0.1) is 19.0 Å². The van der Waals surface area contributed by atoms with Crippen LogP contribution in [-0.2, 0) is 9.59 Å². The Morgan fingerprint density at radius 1 is 1.38 bits per heavy atom. The lowest BCUT2D eigenvalue weighted by atomic mass is 9.97. The SMILES string of the molecule is Cc1ccc(NC(=O)C[NH+]2CCC[C@H](C(N)=O)C2)c(C)c1. The summed E-state index contributed by atoms with van der Waals surface area (Å²) in [5.74, 6) is -0.355. The van der Waals surface area contributed by atoms with Crippen LogP contribution < -0.4 is 16.0 Å². The van der Waals surface area contributed by atoms with E-state index in [4.69, 9.17) is 5.73 Å². The van der Waals surface area contributed by atoms with E-state index in [9.17, 15) is 9.59 Å². The molecule has 0 radical (unpaired) electrons. The molecule has 1 saturated heterocycles. The molecule has 5 heteroatoms. The number of quaternary nitrogens is 1. The fraction of sp³-hybridized carbons (Fsp3) is 0.500. The molecule has 1 aromatic rings. The molecule has 2 atom stereocenters. The van der Waals surface area contributed by atoms with Crippen molar-refractivity contribution in [3.8, 4) is 0 Å². The average molecular weight is 290 g/mol. The zero-order valence-corrected chi connectivity index (χ0v) is 12.7. The Morgan fingerprint density at radius 2 is 2.14 bits per heavy atom. The fourth-order valence-electron chi connectivity index (χ4n) is 2.93. The summed E-state index contributed by atoms with van der Waals surface area (Å²) >= 11 is 0. The molecule has 21 heavy (non-hydrogen) atoms. The highest BCUT2D eigenvalue weighted by Gasteiger charge is 2.28. The first-order chi connectivity index (χ1) is 9.95. The lowest BCUT2D eigenvalue weighted by Crippen LogP contribution is -3.14. The van der Waals surface area contributed by atoms with E-state index in [1.54, 1.807) is 0 Å². The van der Waals surface area contributed by atoms with Gasteiger partial charge in [0, 0.05) is 5.69 Å². The fourth-order valence-corrected chi connectivity index (χ4v) is 2.93. The first kappa shape index (κ1) is 15.5. The number of nitrogens with one attached hydrogen (secondary N) is 2. The topological polar surface area (TPSA) is 76.6 Å². The molecule has 1 aliphatic heterocycles. The van der Waals surface area contributed by atoms with E-state index in [1.165, 1.54) is 5.56 Å². The lowest BCUT2D eigenvalue weighted by Gasteiger charge is -2.27. The van der Waals surface area contributed by atoms with E-state index in [1.807, 2.05) is 32.0 Å². The summed E-state index contributed by atoms with van der Waals surface area (Å²) in [5.41, 5.74) is 8.46. The summed E-state index contributed by atoms with van der Waals surface area (Å²) in [7, 11) is 0. The number of aryl methyl sites for hydroxylation is 2. The van der Waals surface area contributed by atoms with Gasteiger partial charge in [0.15, 0.2) is 6.54 Å². The zero-order chi connectivity index (χ0) is 15.4. The molecular formula is C16H24N3O2+. The molecule has 0 saturated carbocycles. The van der Waals surface area contributed by atoms with Crippen LogP contribution in [-0.4, -0.2) is 31.4 Å². The van der Waals surface area contributed by atoms with E-state index in [0.717, 1.165) is 35.5 Å². The number of piperidine rings is 1. The summed E-state index contributed by atoms with van der Waals surface area (Å²) in [6.07, 6.45) is 1.79. The molecule has 1 fully saturated rings. The van der Waals surface area contributed by atoms with E-state index in [0.29, 0.717) is 13.1 Å². The molecule has 2 rings (SSSR count). The number of likely N-dealkylation sites (tertiary alicyclic amines) is 1. The van der Waals surface area contributed by atoms with Crippen molar-refractivity contribution in [1.29, 1.82) is 0 Å². The predicted octanol–water partition coefficient (Wildman–Crippen LogP) is 0.0221. The maximum atomic E-state index is 12.1. The summed E-state index contributed by atoms with van der Waals surface area (Å²) in [6, 6.07) is 5.96. The van der Waals surface area contributed by atoms with Crippen LogP contribution in [0.1, 0.15) is 24.0 Å². The Labute approximate surface area is 125 Å². The first-order valence-electron chi connectivity index (χ1n) is 7.45. The zero-order valence-electron chi connectivity index (χ0n) is 12.7. The van der Waals surface area contributed by atoms with Gasteiger partial charge in [-0.3, -0.25) is 9.59 Å². The number of hydrogen-bond donors (Lipinski definition) is 3. The third-order valence-electron chi connectivity index (χ3n) is 4.09. The van der Waals surface area contributed by atoms with Crippen LogP contribution in [0.2, 0.25) is 0 Å². The van der Waals surface area contributed by atoms with Gasteiger partial charge in [0.2, 0.25) is 5.91 Å². The molecule has 0 aromatic heterocycles. The second-order valence-electron chi connectivity index (χ2n) is 5.99. The number of primary amides is 1. The third kappa shape index (κ3) is 4.29. The van der Waals surface area contributed by atoms with Crippen LogP contribution in [0.25, 0.3) is 0 Å². The minimum absolute atomic E-state index is 0.0120. The Kier molecular flexibility index (Phi) is 4.96. The van der Waals surface area contributed by atoms with Crippen molar-refractivity contribution < 1.29 is 14.5 Å². The maximum absolute atomic E-state index is 12.1. The number of hydrogen-bond acceptors (Lipinski definition) is 2. The van der Waals surface area contributed by atoms with Gasteiger partial charge in [-0.15, -0.1) is 0 Å². The van der Waals surface area contributed by atoms with Crippen LogP contribution in [0.15, 0.2) is 18.2 Å². The van der Waals surface area contributed by atoms with Crippen molar-refractivity contribution in [2.45, 2.75) is 26.7 Å². The molecule has 1 unspecified atom stereocenters. The number of nitrogens with two attached hydrogens (primary N) is 1. The highest BCUT2D eigenvalue weighted by atomic mass is 16.2. The molecule has 4 N–H and O–H groups in total. The molecule has 5 nitrogen and oxygen atoms in total. The van der Waals surface area contributed by atoms with E-state index >= 15 is 0 Å². The van der Waals surface area contributed by atoms with Gasteiger partial charge in [-0.05, 0) is 38.3 Å². The average Bonchev–Trinajstić information content (AvgIpc) is 2.42. The van der Waals surface area contributed by atoms with Crippen LogP contribution in [0.4, 0.5) is 5.69 Å². The Hall–Kier alpha value is -1.88. The highest BCUT2D eigenvalue weighted by molar-refractivity contribution is 5.92. The van der Waals surface area contributed by atoms with Crippen molar-refractivity contribution in [2.75, 3.05) is 25.0 Å². The van der Waals surface area contributed by atoms with Gasteiger partial charge < -0.3 is 16.0 Å². The number of anilines is 1. The standard InChI is InChI=1S/C16H23N3O2/c1-11-5-6-14(12(2)8-11)18-15(20)10-19-7-3-4-13(9-19)16(17)21/h5-6,8,13H,3-4,7,9-10H2,1-2H3,(H2,17,21)(H,18,20)/p+1/t13-/m0/s1. The van der Waals surface area contributed by atoms with E-state index in [-0.39, 0.29) is 17.7 Å². The van der Waals surface area contributed by atoms with Gasteiger partial charge in [0.1, 0.15) is 0 Å². The minimum atomic E-state index is -0.248. The summed E-state index contributed by atoms with van der Waals surface area (Å²) < 4.78 is 0. The maximum Gasteiger partial charge on any atom is 0.279 e. The molecular weight excluding hydrogens is 266 g/mol. The summed E-state index contributed by atoms with van der Waals surface area (Å²) in [5, 5.41) is 2.95. The number of benzene rings is 1. The van der Waals surface area contributed by atoms with Crippen molar-refractivity contribution in [3.63, 3.8) is 0 Å². The summed E-state index contributed by atoms with van der Waals surface area (Å²) in [4.78, 5) is 24.5. The van der Waals surface area contributed by atoms with Crippen molar-refractivity contribution >= 4 is 17.5 Å². The molecule has 0 spiro atoms. The molecule has 0 aliphatic carbocycles. The highest BCUT2D eigenvalue weighted by Crippen LogP contribution is 2.15. The van der Waals surface area contributed by atoms with Crippen LogP contribution in [0.5, 0.6) is 0 Å². The lowest BCUT2D eigenvalue weighted by molar-refractivity contribution is -0.899. The number of amides is 2. The quantitative estimate of drug-likeness (QED) is 0.731. The van der Waals surface area contributed by atoms with Gasteiger partial charge in [-0.1, -0.05) is 17.7 Å². The molecule has 0 bridgehead atoms. The molecule has 114 valence electrons. The van der Waals surface area contributed by atoms with E-state index < -0.39 is 0 Å². The van der Waals surface area contributed by atoms with Crippen molar-refractivity contribution in [3.05, 3.63) is 29.3 Å². The van der Waals surface area contributed by atoms with Crippen LogP contribution in [0.3, 0.4) is 0 Å². The minimum Gasteiger partial charge on any atom is -0.369 e. The van der Waals surface area contributed by atoms with Gasteiger partial charge in [-0.2, -0.15) is 0 Å². The monoisotopic (exact) mass is 290 g/mol. The smallest absolute Gasteiger partial charge is 0.279 e. The molecule has 2 amide bonds. The Morgan fingerprint density at radius 3 is 2.81 bits per heavy atom. The number of carbonyl (C=O) groups excluding carboxylic acids is 2. The number of carbonyl (C=O) groups is 2. The van der Waals surface area contributed by atoms with Crippen LogP contribution >= 0.6 is 0 Å². The Bertz CT molecular complexity index is 542. The van der Waals surface area contributed by atoms with Gasteiger partial charge in [-0.25, -0.2) is 0 Å². The Balaban J connectivity index is 1.91. The van der Waals surface area contributed by atoms with Gasteiger partial charge >= 0.3 is 0 Å². The predicted molar refractivity (Wildman–Crippen MR) is 82.0 cm³/mol. The number of rotatable bonds is 4. The third-order valence-corrected chi connectivity index (χ3v) is 4.09. The van der Waals surface area contributed by atoms with Crippen molar-refractivity contribution in [1.82, 2.24) is 0 Å². The second kappa shape index (κ2) is 6.72. The second-order valence-corrected chi connectivity index (χ2v) is 5.99.